The number of hydrogen-bond donors (Lipinski definition) is 2. The highest BCUT2D eigenvalue weighted by Crippen LogP contribution is 2.50. The number of hydrogen-bond acceptors (Lipinski definition) is 3. The van der Waals surface area contributed by atoms with Gasteiger partial charge in [-0.05, 0) is 45.4 Å². The summed E-state index contributed by atoms with van der Waals surface area (Å²) in [5.41, 5.74) is 5.45. The minimum absolute atomic E-state index is 0.236. The molecule has 0 spiro atoms. The quantitative estimate of drug-likeness (QED) is 0.687. The van der Waals surface area contributed by atoms with Gasteiger partial charge in [-0.25, -0.2) is 4.79 Å². The zero-order chi connectivity index (χ0) is 11.2. The van der Waals surface area contributed by atoms with Gasteiger partial charge in [0, 0.05) is 12.1 Å². The van der Waals surface area contributed by atoms with Gasteiger partial charge in [0.1, 0.15) is 5.60 Å². The van der Waals surface area contributed by atoms with E-state index >= 15 is 0 Å². The fourth-order valence-corrected chi connectivity index (χ4v) is 2.57. The molecule has 2 fully saturated rings. The number of carbonyl (C=O) groups excluding carboxylic acids is 1. The minimum atomic E-state index is -0.423. The maximum Gasteiger partial charge on any atom is 0.407 e. The van der Waals surface area contributed by atoms with Crippen molar-refractivity contribution in [3.8, 4) is 0 Å². The third-order valence-electron chi connectivity index (χ3n) is 3.27. The number of amides is 1. The molecule has 15 heavy (non-hydrogen) atoms. The van der Waals surface area contributed by atoms with Gasteiger partial charge in [0.05, 0.1) is 0 Å². The molecule has 3 N–H and O–H groups in total. The number of nitrogens with two attached hydrogens (primary N) is 1. The molecule has 2 aliphatic carbocycles. The SMILES string of the molecule is CC(C)(C)OC(=O)N[C@H]1CC[C@H]2[C@H](N)[C@H]21. The predicted molar refractivity (Wildman–Crippen MR) is 57.3 cm³/mol. The largest absolute Gasteiger partial charge is 0.444 e. The predicted octanol–water partition coefficient (Wildman–Crippen LogP) is 1.25. The molecule has 0 aromatic rings. The third kappa shape index (κ3) is 2.25. The molecule has 0 saturated heterocycles. The van der Waals surface area contributed by atoms with Crippen LogP contribution >= 0.6 is 0 Å². The monoisotopic (exact) mass is 212 g/mol. The Morgan fingerprint density at radius 2 is 2.07 bits per heavy atom. The molecule has 2 aliphatic rings. The molecular weight excluding hydrogens is 192 g/mol. The molecular formula is C11H20N2O2. The summed E-state index contributed by atoms with van der Waals surface area (Å²) in [6.45, 7) is 5.60. The Labute approximate surface area is 90.5 Å². The van der Waals surface area contributed by atoms with E-state index < -0.39 is 5.60 Å². The summed E-state index contributed by atoms with van der Waals surface area (Å²) in [7, 11) is 0. The molecule has 0 aliphatic heterocycles. The molecule has 86 valence electrons. The van der Waals surface area contributed by atoms with Crippen LogP contribution in [-0.4, -0.2) is 23.8 Å². The van der Waals surface area contributed by atoms with Crippen LogP contribution in [-0.2, 0) is 4.74 Å². The van der Waals surface area contributed by atoms with E-state index in [1.54, 1.807) is 0 Å². The molecule has 4 nitrogen and oxygen atoms in total. The minimum Gasteiger partial charge on any atom is -0.444 e. The van der Waals surface area contributed by atoms with Crippen LogP contribution in [0.3, 0.4) is 0 Å². The highest BCUT2D eigenvalue weighted by atomic mass is 16.6. The van der Waals surface area contributed by atoms with Crippen LogP contribution in [0.25, 0.3) is 0 Å². The molecule has 1 amide bonds. The summed E-state index contributed by atoms with van der Waals surface area (Å²) in [5, 5.41) is 2.92. The maximum atomic E-state index is 11.5. The van der Waals surface area contributed by atoms with Gasteiger partial charge in [-0.3, -0.25) is 0 Å². The molecule has 4 heteroatoms. The van der Waals surface area contributed by atoms with Crippen LogP contribution in [0.5, 0.6) is 0 Å². The van der Waals surface area contributed by atoms with Gasteiger partial charge < -0.3 is 15.8 Å². The Bertz CT molecular complexity index is 272. The number of ether oxygens (including phenoxy) is 1. The summed E-state index contributed by atoms with van der Waals surface area (Å²) in [6, 6.07) is 0.540. The number of rotatable bonds is 1. The first-order chi connectivity index (χ1) is 6.88. The Kier molecular flexibility index (Phi) is 2.41. The average molecular weight is 212 g/mol. The smallest absolute Gasteiger partial charge is 0.407 e. The van der Waals surface area contributed by atoms with Crippen LogP contribution in [0.1, 0.15) is 33.6 Å². The van der Waals surface area contributed by atoms with Crippen molar-refractivity contribution >= 4 is 6.09 Å². The molecule has 0 radical (unpaired) electrons. The highest BCUT2D eigenvalue weighted by molar-refractivity contribution is 5.68. The normalized spacial score (nSPS) is 38.4. The van der Waals surface area contributed by atoms with Gasteiger partial charge in [0.2, 0.25) is 0 Å². The van der Waals surface area contributed by atoms with Crippen molar-refractivity contribution in [3.63, 3.8) is 0 Å². The van der Waals surface area contributed by atoms with Gasteiger partial charge in [-0.15, -0.1) is 0 Å². The van der Waals surface area contributed by atoms with Gasteiger partial charge >= 0.3 is 6.09 Å². The lowest BCUT2D eigenvalue weighted by atomic mass is 10.1. The van der Waals surface area contributed by atoms with E-state index in [1.165, 1.54) is 0 Å². The van der Waals surface area contributed by atoms with E-state index in [9.17, 15) is 4.79 Å². The van der Waals surface area contributed by atoms with Crippen molar-refractivity contribution in [1.82, 2.24) is 5.32 Å². The molecule has 2 saturated carbocycles. The van der Waals surface area contributed by atoms with Crippen molar-refractivity contribution in [3.05, 3.63) is 0 Å². The topological polar surface area (TPSA) is 64.3 Å². The van der Waals surface area contributed by atoms with Crippen LogP contribution in [0.2, 0.25) is 0 Å². The second-order valence-corrected chi connectivity index (χ2v) is 5.65. The van der Waals surface area contributed by atoms with Crippen LogP contribution in [0.4, 0.5) is 4.79 Å². The van der Waals surface area contributed by atoms with Crippen molar-refractivity contribution in [2.75, 3.05) is 0 Å². The second kappa shape index (κ2) is 3.37. The van der Waals surface area contributed by atoms with Crippen molar-refractivity contribution in [2.24, 2.45) is 17.6 Å². The summed E-state index contributed by atoms with van der Waals surface area (Å²) in [5.74, 6) is 1.14. The number of fused-ring (bicyclic) bond motifs is 1. The summed E-state index contributed by atoms with van der Waals surface area (Å²) < 4.78 is 5.21. The Hall–Kier alpha value is -0.770. The van der Waals surface area contributed by atoms with Crippen molar-refractivity contribution < 1.29 is 9.53 Å². The van der Waals surface area contributed by atoms with E-state index in [0.29, 0.717) is 17.9 Å². The summed E-state index contributed by atoms with van der Waals surface area (Å²) in [6.07, 6.45) is 1.88. The Balaban J connectivity index is 1.80. The highest BCUT2D eigenvalue weighted by Gasteiger charge is 2.56. The number of nitrogens with one attached hydrogen (secondary N) is 1. The van der Waals surface area contributed by atoms with Crippen LogP contribution < -0.4 is 11.1 Å². The average Bonchev–Trinajstić information content (AvgIpc) is 2.52. The van der Waals surface area contributed by atoms with E-state index in [1.807, 2.05) is 20.8 Å². The van der Waals surface area contributed by atoms with Crippen LogP contribution in [0.15, 0.2) is 0 Å². The molecule has 0 aromatic heterocycles. The van der Waals surface area contributed by atoms with Gasteiger partial charge in [0.25, 0.3) is 0 Å². The summed E-state index contributed by atoms with van der Waals surface area (Å²) >= 11 is 0. The Morgan fingerprint density at radius 3 is 2.53 bits per heavy atom. The van der Waals surface area contributed by atoms with Gasteiger partial charge in [-0.1, -0.05) is 0 Å². The standard InChI is InChI=1S/C11H20N2O2/c1-11(2,3)15-10(14)13-7-5-4-6-8(7)9(6)12/h6-9H,4-5,12H2,1-3H3,(H,13,14)/t6-,7+,8-,9+/m1/s1. The molecule has 0 aromatic carbocycles. The molecule has 2 rings (SSSR count). The number of carbonyl (C=O) groups is 1. The first kappa shape index (κ1) is 10.7. The van der Waals surface area contributed by atoms with Crippen LogP contribution in [0, 0.1) is 11.8 Å². The zero-order valence-corrected chi connectivity index (χ0v) is 9.62. The van der Waals surface area contributed by atoms with E-state index in [0.717, 1.165) is 12.8 Å². The lowest BCUT2D eigenvalue weighted by molar-refractivity contribution is 0.0499. The first-order valence-electron chi connectivity index (χ1n) is 5.63. The molecule has 0 unspecified atom stereocenters. The second-order valence-electron chi connectivity index (χ2n) is 5.65. The lowest BCUT2D eigenvalue weighted by Crippen LogP contribution is -2.40. The van der Waals surface area contributed by atoms with E-state index in [4.69, 9.17) is 10.5 Å². The zero-order valence-electron chi connectivity index (χ0n) is 9.62. The van der Waals surface area contributed by atoms with Gasteiger partial charge in [0.15, 0.2) is 0 Å². The molecule has 4 atom stereocenters. The third-order valence-corrected chi connectivity index (χ3v) is 3.27. The molecule has 0 bridgehead atoms. The number of alkyl carbamates (subject to hydrolysis) is 1. The summed E-state index contributed by atoms with van der Waals surface area (Å²) in [4.78, 5) is 11.5. The van der Waals surface area contributed by atoms with Gasteiger partial charge in [-0.2, -0.15) is 0 Å². The Morgan fingerprint density at radius 1 is 1.40 bits per heavy atom. The lowest BCUT2D eigenvalue weighted by Gasteiger charge is -2.22. The van der Waals surface area contributed by atoms with E-state index in [2.05, 4.69) is 5.32 Å². The first-order valence-corrected chi connectivity index (χ1v) is 5.63. The van der Waals surface area contributed by atoms with Crippen molar-refractivity contribution in [2.45, 2.75) is 51.3 Å². The van der Waals surface area contributed by atoms with Crippen molar-refractivity contribution in [1.29, 1.82) is 0 Å². The maximum absolute atomic E-state index is 11.5. The fourth-order valence-electron chi connectivity index (χ4n) is 2.57. The fraction of sp³-hybridized carbons (Fsp3) is 0.909. The van der Waals surface area contributed by atoms with E-state index in [-0.39, 0.29) is 12.1 Å². The molecule has 0 heterocycles.